The number of carbonyl (C=O) groups is 1. The number of benzene rings is 2. The standard InChI is InChI=1S/C20H22ClN5OS/c1-14(2)16-5-3-15(4-6-16)11-12-22-19(27)13-28-20-23-24-25-26(20)18-9-7-17(21)8-10-18/h3-10,14H,11-13H2,1-2H3,(H,22,27). The van der Waals surface area contributed by atoms with Crippen LogP contribution in [0.2, 0.25) is 5.02 Å². The van der Waals surface area contributed by atoms with Crippen LogP contribution in [0.25, 0.3) is 5.69 Å². The number of amides is 1. The molecule has 146 valence electrons. The first-order valence-electron chi connectivity index (χ1n) is 9.05. The molecule has 0 saturated carbocycles. The molecule has 0 aliphatic carbocycles. The SMILES string of the molecule is CC(C)c1ccc(CCNC(=O)CSc2nnnn2-c2ccc(Cl)cc2)cc1. The first-order chi connectivity index (χ1) is 13.5. The molecule has 0 unspecified atom stereocenters. The fraction of sp³-hybridized carbons (Fsp3) is 0.300. The third kappa shape index (κ3) is 5.56. The number of carbonyl (C=O) groups excluding carboxylic acids is 1. The van der Waals surface area contributed by atoms with Crippen LogP contribution in [0, 0.1) is 0 Å². The van der Waals surface area contributed by atoms with Gasteiger partial charge in [-0.3, -0.25) is 4.79 Å². The summed E-state index contributed by atoms with van der Waals surface area (Å²) in [5.41, 5.74) is 3.33. The van der Waals surface area contributed by atoms with Crippen molar-refractivity contribution >= 4 is 29.3 Å². The molecular formula is C20H22ClN5OS. The van der Waals surface area contributed by atoms with Gasteiger partial charge in [-0.25, -0.2) is 0 Å². The maximum Gasteiger partial charge on any atom is 0.230 e. The van der Waals surface area contributed by atoms with Crippen molar-refractivity contribution in [3.05, 3.63) is 64.7 Å². The summed E-state index contributed by atoms with van der Waals surface area (Å²) < 4.78 is 1.59. The van der Waals surface area contributed by atoms with Crippen LogP contribution < -0.4 is 5.32 Å². The van der Waals surface area contributed by atoms with Crippen LogP contribution in [0.3, 0.4) is 0 Å². The van der Waals surface area contributed by atoms with E-state index in [4.69, 9.17) is 11.6 Å². The highest BCUT2D eigenvalue weighted by Gasteiger charge is 2.11. The molecule has 1 N–H and O–H groups in total. The van der Waals surface area contributed by atoms with Gasteiger partial charge in [-0.05, 0) is 58.2 Å². The van der Waals surface area contributed by atoms with E-state index >= 15 is 0 Å². The third-order valence-corrected chi connectivity index (χ3v) is 5.40. The summed E-state index contributed by atoms with van der Waals surface area (Å²) in [4.78, 5) is 12.1. The van der Waals surface area contributed by atoms with Gasteiger partial charge in [0, 0.05) is 11.6 Å². The highest BCUT2D eigenvalue weighted by molar-refractivity contribution is 7.99. The van der Waals surface area contributed by atoms with Gasteiger partial charge in [0.1, 0.15) is 0 Å². The van der Waals surface area contributed by atoms with Crippen molar-refractivity contribution in [2.24, 2.45) is 0 Å². The number of rotatable bonds is 8. The highest BCUT2D eigenvalue weighted by Crippen LogP contribution is 2.19. The monoisotopic (exact) mass is 415 g/mol. The van der Waals surface area contributed by atoms with Gasteiger partial charge in [-0.15, -0.1) is 5.10 Å². The smallest absolute Gasteiger partial charge is 0.230 e. The number of nitrogens with one attached hydrogen (secondary N) is 1. The quantitative estimate of drug-likeness (QED) is 0.565. The first-order valence-corrected chi connectivity index (χ1v) is 10.4. The van der Waals surface area contributed by atoms with Gasteiger partial charge in [0.15, 0.2) is 0 Å². The molecule has 2 aromatic carbocycles. The van der Waals surface area contributed by atoms with E-state index in [1.807, 2.05) is 12.1 Å². The molecule has 0 aliphatic heterocycles. The number of hydrogen-bond acceptors (Lipinski definition) is 5. The lowest BCUT2D eigenvalue weighted by Gasteiger charge is -2.08. The first kappa shape index (κ1) is 20.4. The van der Waals surface area contributed by atoms with Gasteiger partial charge in [0.05, 0.1) is 11.4 Å². The van der Waals surface area contributed by atoms with Gasteiger partial charge >= 0.3 is 0 Å². The summed E-state index contributed by atoms with van der Waals surface area (Å²) in [7, 11) is 0. The molecule has 0 atom stereocenters. The summed E-state index contributed by atoms with van der Waals surface area (Å²) in [5, 5.41) is 15.8. The van der Waals surface area contributed by atoms with Crippen molar-refractivity contribution in [3.63, 3.8) is 0 Å². The van der Waals surface area contributed by atoms with E-state index in [0.29, 0.717) is 22.6 Å². The Balaban J connectivity index is 1.46. The Morgan fingerprint density at radius 3 is 2.54 bits per heavy atom. The number of nitrogens with zero attached hydrogens (tertiary/aromatic N) is 4. The predicted octanol–water partition coefficient (Wildman–Crippen LogP) is 3.89. The predicted molar refractivity (Wildman–Crippen MR) is 112 cm³/mol. The van der Waals surface area contributed by atoms with Crippen LogP contribution in [-0.2, 0) is 11.2 Å². The van der Waals surface area contributed by atoms with Gasteiger partial charge in [0.2, 0.25) is 11.1 Å². The molecule has 1 aromatic heterocycles. The lowest BCUT2D eigenvalue weighted by Crippen LogP contribution is -2.27. The maximum atomic E-state index is 12.1. The molecule has 0 aliphatic rings. The van der Waals surface area contributed by atoms with E-state index in [9.17, 15) is 4.79 Å². The minimum absolute atomic E-state index is 0.0468. The molecule has 1 heterocycles. The normalized spacial score (nSPS) is 11.0. The summed E-state index contributed by atoms with van der Waals surface area (Å²) in [6.07, 6.45) is 0.803. The number of halogens is 1. The Kier molecular flexibility index (Phi) is 7.06. The van der Waals surface area contributed by atoms with Gasteiger partial charge in [0.25, 0.3) is 0 Å². The Bertz CT molecular complexity index is 909. The van der Waals surface area contributed by atoms with Crippen molar-refractivity contribution in [1.82, 2.24) is 25.5 Å². The fourth-order valence-electron chi connectivity index (χ4n) is 2.61. The van der Waals surface area contributed by atoms with E-state index < -0.39 is 0 Å². The van der Waals surface area contributed by atoms with E-state index in [-0.39, 0.29) is 11.7 Å². The molecule has 8 heteroatoms. The summed E-state index contributed by atoms with van der Waals surface area (Å²) in [6, 6.07) is 15.7. The van der Waals surface area contributed by atoms with E-state index in [0.717, 1.165) is 12.1 Å². The Labute approximate surface area is 173 Å². The van der Waals surface area contributed by atoms with Crippen LogP contribution in [0.1, 0.15) is 30.9 Å². The molecule has 0 radical (unpaired) electrons. The number of hydrogen-bond donors (Lipinski definition) is 1. The van der Waals surface area contributed by atoms with Crippen LogP contribution >= 0.6 is 23.4 Å². The van der Waals surface area contributed by atoms with E-state index in [1.54, 1.807) is 16.8 Å². The summed E-state index contributed by atoms with van der Waals surface area (Å²) >= 11 is 7.20. The third-order valence-electron chi connectivity index (χ3n) is 4.23. The van der Waals surface area contributed by atoms with E-state index in [1.165, 1.54) is 22.9 Å². The zero-order chi connectivity index (χ0) is 19.9. The van der Waals surface area contributed by atoms with Gasteiger partial charge in [-0.1, -0.05) is 61.5 Å². The molecule has 0 saturated heterocycles. The van der Waals surface area contributed by atoms with Crippen molar-refractivity contribution in [3.8, 4) is 5.69 Å². The van der Waals surface area contributed by atoms with Crippen molar-refractivity contribution < 1.29 is 4.79 Å². The minimum atomic E-state index is -0.0468. The molecule has 3 rings (SSSR count). The maximum absolute atomic E-state index is 12.1. The van der Waals surface area contributed by atoms with Crippen LogP contribution in [0.5, 0.6) is 0 Å². The molecule has 3 aromatic rings. The molecular weight excluding hydrogens is 394 g/mol. The highest BCUT2D eigenvalue weighted by atomic mass is 35.5. The number of thioether (sulfide) groups is 1. The zero-order valence-corrected chi connectivity index (χ0v) is 17.4. The molecule has 1 amide bonds. The van der Waals surface area contributed by atoms with Crippen LogP contribution in [0.4, 0.5) is 0 Å². The summed E-state index contributed by atoms with van der Waals surface area (Å²) in [6.45, 7) is 4.95. The Morgan fingerprint density at radius 1 is 1.14 bits per heavy atom. The van der Waals surface area contributed by atoms with Crippen molar-refractivity contribution in [2.75, 3.05) is 12.3 Å². The lowest BCUT2D eigenvalue weighted by molar-refractivity contribution is -0.118. The summed E-state index contributed by atoms with van der Waals surface area (Å²) in [5.74, 6) is 0.727. The molecule has 6 nitrogen and oxygen atoms in total. The Morgan fingerprint density at radius 2 is 1.86 bits per heavy atom. The molecule has 28 heavy (non-hydrogen) atoms. The lowest BCUT2D eigenvalue weighted by atomic mass is 10.0. The van der Waals surface area contributed by atoms with Gasteiger partial charge < -0.3 is 5.32 Å². The van der Waals surface area contributed by atoms with Crippen molar-refractivity contribution in [1.29, 1.82) is 0 Å². The topological polar surface area (TPSA) is 72.7 Å². The second kappa shape index (κ2) is 9.71. The minimum Gasteiger partial charge on any atom is -0.355 e. The van der Waals surface area contributed by atoms with Crippen LogP contribution in [-0.4, -0.2) is 38.4 Å². The average molecular weight is 416 g/mol. The fourth-order valence-corrected chi connectivity index (χ4v) is 3.46. The average Bonchev–Trinajstić information content (AvgIpc) is 3.16. The Hall–Kier alpha value is -2.38. The largest absolute Gasteiger partial charge is 0.355 e. The molecule has 0 fully saturated rings. The number of aromatic nitrogens is 4. The zero-order valence-electron chi connectivity index (χ0n) is 15.8. The van der Waals surface area contributed by atoms with Gasteiger partial charge in [-0.2, -0.15) is 4.68 Å². The van der Waals surface area contributed by atoms with Crippen LogP contribution in [0.15, 0.2) is 53.7 Å². The molecule has 0 bridgehead atoms. The second-order valence-electron chi connectivity index (χ2n) is 6.63. The van der Waals surface area contributed by atoms with E-state index in [2.05, 4.69) is 59.0 Å². The molecule has 0 spiro atoms. The number of tetrazole rings is 1. The second-order valence-corrected chi connectivity index (χ2v) is 8.01. The van der Waals surface area contributed by atoms with Crippen molar-refractivity contribution in [2.45, 2.75) is 31.3 Å².